The molecule has 3 aromatic rings. The Morgan fingerprint density at radius 3 is 2.80 bits per heavy atom. The number of nitrogens with two attached hydrogens (primary N) is 1. The molecule has 0 amide bonds. The molecule has 2 aromatic heterocycles. The molecule has 1 aliphatic rings. The topological polar surface area (TPSA) is 52.0 Å². The van der Waals surface area contributed by atoms with Crippen LogP contribution in [0.25, 0.3) is 21.7 Å². The van der Waals surface area contributed by atoms with Gasteiger partial charge in [-0.3, -0.25) is 0 Å². The van der Waals surface area contributed by atoms with Crippen molar-refractivity contribution in [3.05, 3.63) is 46.8 Å². The number of rotatable bonds is 2. The van der Waals surface area contributed by atoms with Gasteiger partial charge >= 0.3 is 0 Å². The minimum absolute atomic E-state index is 0.389. The monoisotopic (exact) mass is 282 g/mol. The van der Waals surface area contributed by atoms with Gasteiger partial charge in [-0.25, -0.2) is 0 Å². The first kappa shape index (κ1) is 11.7. The molecule has 4 rings (SSSR count). The van der Waals surface area contributed by atoms with Crippen LogP contribution in [0.5, 0.6) is 0 Å². The van der Waals surface area contributed by atoms with Gasteiger partial charge in [0.05, 0.1) is 10.4 Å². The van der Waals surface area contributed by atoms with E-state index in [-0.39, 0.29) is 0 Å². The Kier molecular flexibility index (Phi) is 2.63. The lowest BCUT2D eigenvalue weighted by Crippen LogP contribution is -1.86. The summed E-state index contributed by atoms with van der Waals surface area (Å²) in [6.45, 7) is 0. The van der Waals surface area contributed by atoms with Crippen LogP contribution in [-0.4, -0.2) is 5.16 Å². The smallest absolute Gasteiger partial charge is 0.230 e. The molecular weight excluding hydrogens is 268 g/mol. The number of thiophene rings is 1. The van der Waals surface area contributed by atoms with Gasteiger partial charge in [-0.05, 0) is 36.5 Å². The lowest BCUT2D eigenvalue weighted by Gasteiger charge is -2.00. The molecule has 100 valence electrons. The standard InChI is InChI=1S/C16H14N2OS/c17-16-14(10-5-2-1-3-6-10)15(18-19-16)13-9-11-7-4-8-12(11)20-13/h1-3,5-6,9H,4,7-8,17H2. The van der Waals surface area contributed by atoms with Gasteiger partial charge in [-0.2, -0.15) is 0 Å². The summed E-state index contributed by atoms with van der Waals surface area (Å²) in [7, 11) is 0. The molecule has 0 fully saturated rings. The highest BCUT2D eigenvalue weighted by Gasteiger charge is 2.22. The van der Waals surface area contributed by atoms with Crippen molar-refractivity contribution in [3.63, 3.8) is 0 Å². The molecule has 0 unspecified atom stereocenters. The number of anilines is 1. The number of hydrogen-bond donors (Lipinski definition) is 1. The molecule has 2 N–H and O–H groups in total. The SMILES string of the molecule is Nc1onc(-c2cc3c(s2)CCC3)c1-c1ccccc1. The van der Waals surface area contributed by atoms with E-state index in [0.717, 1.165) is 21.7 Å². The maximum absolute atomic E-state index is 5.98. The van der Waals surface area contributed by atoms with Crippen LogP contribution in [0.2, 0.25) is 0 Å². The molecule has 0 aliphatic heterocycles. The summed E-state index contributed by atoms with van der Waals surface area (Å²) in [4.78, 5) is 2.65. The van der Waals surface area contributed by atoms with Crippen molar-refractivity contribution >= 4 is 17.2 Å². The Hall–Kier alpha value is -2.07. The first-order chi connectivity index (χ1) is 9.83. The summed E-state index contributed by atoms with van der Waals surface area (Å²) in [6, 6.07) is 12.3. The van der Waals surface area contributed by atoms with Gasteiger partial charge in [0.1, 0.15) is 5.69 Å². The third-order valence-electron chi connectivity index (χ3n) is 3.76. The van der Waals surface area contributed by atoms with Crippen LogP contribution in [0.4, 0.5) is 5.88 Å². The molecule has 0 atom stereocenters. The summed E-state index contributed by atoms with van der Waals surface area (Å²) >= 11 is 1.82. The molecule has 0 spiro atoms. The second-order valence-electron chi connectivity index (χ2n) is 5.05. The summed E-state index contributed by atoms with van der Waals surface area (Å²) in [5.41, 5.74) is 10.3. The molecule has 1 aliphatic carbocycles. The van der Waals surface area contributed by atoms with Crippen LogP contribution < -0.4 is 5.73 Å². The molecule has 0 bridgehead atoms. The van der Waals surface area contributed by atoms with Crippen LogP contribution in [0.3, 0.4) is 0 Å². The van der Waals surface area contributed by atoms with Crippen LogP contribution in [0.1, 0.15) is 16.9 Å². The van der Waals surface area contributed by atoms with E-state index in [0.29, 0.717) is 5.88 Å². The maximum Gasteiger partial charge on any atom is 0.230 e. The number of benzene rings is 1. The molecule has 0 saturated heterocycles. The highest BCUT2D eigenvalue weighted by Crippen LogP contribution is 2.42. The van der Waals surface area contributed by atoms with Crippen LogP contribution in [0, 0.1) is 0 Å². The zero-order chi connectivity index (χ0) is 13.5. The van der Waals surface area contributed by atoms with E-state index in [1.54, 1.807) is 0 Å². The lowest BCUT2D eigenvalue weighted by molar-refractivity contribution is 0.439. The van der Waals surface area contributed by atoms with Crippen molar-refractivity contribution in [1.29, 1.82) is 0 Å². The van der Waals surface area contributed by atoms with Crippen LogP contribution in [0.15, 0.2) is 40.9 Å². The van der Waals surface area contributed by atoms with Gasteiger partial charge in [-0.15, -0.1) is 11.3 Å². The van der Waals surface area contributed by atoms with Crippen molar-refractivity contribution in [3.8, 4) is 21.7 Å². The van der Waals surface area contributed by atoms with Gasteiger partial charge in [0.2, 0.25) is 5.88 Å². The number of aryl methyl sites for hydroxylation is 2. The third-order valence-corrected chi connectivity index (χ3v) is 5.00. The highest BCUT2D eigenvalue weighted by molar-refractivity contribution is 7.15. The number of nitrogens with zero attached hydrogens (tertiary/aromatic N) is 1. The predicted molar refractivity (Wildman–Crippen MR) is 81.7 cm³/mol. The first-order valence-corrected chi connectivity index (χ1v) is 7.57. The molecule has 0 saturated carbocycles. The van der Waals surface area contributed by atoms with Gasteiger partial charge in [-0.1, -0.05) is 35.5 Å². The van der Waals surface area contributed by atoms with E-state index in [1.165, 1.54) is 29.7 Å². The van der Waals surface area contributed by atoms with Crippen molar-refractivity contribution in [1.82, 2.24) is 5.16 Å². The Morgan fingerprint density at radius 2 is 2.00 bits per heavy atom. The molecule has 2 heterocycles. The zero-order valence-electron chi connectivity index (χ0n) is 10.9. The molecule has 4 heteroatoms. The molecular formula is C16H14N2OS. The number of nitrogen functional groups attached to an aromatic ring is 1. The van der Waals surface area contributed by atoms with E-state index in [4.69, 9.17) is 10.3 Å². The van der Waals surface area contributed by atoms with Crippen LogP contribution in [-0.2, 0) is 12.8 Å². The van der Waals surface area contributed by atoms with E-state index < -0.39 is 0 Å². The summed E-state index contributed by atoms with van der Waals surface area (Å²) < 4.78 is 5.24. The van der Waals surface area contributed by atoms with Crippen LogP contribution >= 0.6 is 11.3 Å². The van der Waals surface area contributed by atoms with Gasteiger partial charge < -0.3 is 10.3 Å². The average Bonchev–Trinajstić information content (AvgIpc) is 3.12. The second-order valence-corrected chi connectivity index (χ2v) is 6.19. The molecule has 1 aromatic carbocycles. The van der Waals surface area contributed by atoms with Crippen molar-refractivity contribution in [2.75, 3.05) is 5.73 Å². The quantitative estimate of drug-likeness (QED) is 0.768. The van der Waals surface area contributed by atoms with E-state index in [9.17, 15) is 0 Å². The maximum atomic E-state index is 5.98. The first-order valence-electron chi connectivity index (χ1n) is 6.75. The minimum Gasteiger partial charge on any atom is -0.367 e. The molecule has 0 radical (unpaired) electrons. The Bertz CT molecular complexity index is 737. The zero-order valence-corrected chi connectivity index (χ0v) is 11.7. The number of hydrogen-bond acceptors (Lipinski definition) is 4. The largest absolute Gasteiger partial charge is 0.367 e. The normalized spacial score (nSPS) is 13.6. The number of fused-ring (bicyclic) bond motifs is 1. The Morgan fingerprint density at radius 1 is 1.15 bits per heavy atom. The fraction of sp³-hybridized carbons (Fsp3) is 0.188. The second kappa shape index (κ2) is 4.49. The highest BCUT2D eigenvalue weighted by atomic mass is 32.1. The van der Waals surface area contributed by atoms with E-state index in [1.807, 2.05) is 41.7 Å². The van der Waals surface area contributed by atoms with Crippen molar-refractivity contribution < 1.29 is 4.52 Å². The number of aromatic nitrogens is 1. The molecule has 20 heavy (non-hydrogen) atoms. The minimum atomic E-state index is 0.389. The van der Waals surface area contributed by atoms with Gasteiger partial charge in [0.15, 0.2) is 0 Å². The summed E-state index contributed by atoms with van der Waals surface area (Å²) in [5.74, 6) is 0.389. The Labute approximate surface area is 121 Å². The molecule has 3 nitrogen and oxygen atoms in total. The summed E-state index contributed by atoms with van der Waals surface area (Å²) in [5, 5.41) is 4.19. The van der Waals surface area contributed by atoms with Crippen molar-refractivity contribution in [2.45, 2.75) is 19.3 Å². The van der Waals surface area contributed by atoms with E-state index >= 15 is 0 Å². The fourth-order valence-corrected chi connectivity index (χ4v) is 4.04. The fourth-order valence-electron chi connectivity index (χ4n) is 2.80. The Balaban J connectivity index is 1.87. The lowest BCUT2D eigenvalue weighted by atomic mass is 10.0. The third kappa shape index (κ3) is 1.76. The average molecular weight is 282 g/mol. The predicted octanol–water partition coefficient (Wildman–Crippen LogP) is 4.14. The van der Waals surface area contributed by atoms with E-state index in [2.05, 4.69) is 11.2 Å². The van der Waals surface area contributed by atoms with Crippen molar-refractivity contribution in [2.24, 2.45) is 0 Å². The summed E-state index contributed by atoms with van der Waals surface area (Å²) in [6.07, 6.45) is 3.64. The van der Waals surface area contributed by atoms with Gasteiger partial charge in [0.25, 0.3) is 0 Å². The van der Waals surface area contributed by atoms with Gasteiger partial charge in [0, 0.05) is 4.88 Å².